The fourth-order valence-electron chi connectivity index (χ4n) is 2.67. The van der Waals surface area contributed by atoms with E-state index in [4.69, 9.17) is 0 Å². The van der Waals surface area contributed by atoms with Crippen molar-refractivity contribution in [2.45, 2.75) is 26.7 Å². The number of aromatic nitrogens is 2. The summed E-state index contributed by atoms with van der Waals surface area (Å²) in [6.45, 7) is 4.23. The molecule has 0 saturated carbocycles. The lowest BCUT2D eigenvalue weighted by molar-refractivity contribution is 0.875. The van der Waals surface area contributed by atoms with E-state index in [0.717, 1.165) is 24.1 Å². The molecule has 0 unspecified atom stereocenters. The maximum Gasteiger partial charge on any atom is 0.264 e. The van der Waals surface area contributed by atoms with E-state index in [0.29, 0.717) is 0 Å². The fraction of sp³-hybridized carbons (Fsp3) is 0.286. The summed E-state index contributed by atoms with van der Waals surface area (Å²) in [5, 5.41) is 6.74. The van der Waals surface area contributed by atoms with Gasteiger partial charge in [-0.25, -0.2) is 5.10 Å². The first kappa shape index (κ1) is 10.3. The molecule has 1 aromatic heterocycles. The van der Waals surface area contributed by atoms with Crippen LogP contribution in [-0.2, 0) is 12.8 Å². The number of nitrogens with zero attached hydrogens (tertiary/aromatic N) is 1. The lowest BCUT2D eigenvalue weighted by atomic mass is 9.86. The molecule has 1 heterocycles. The zero-order chi connectivity index (χ0) is 12.0. The monoisotopic (exact) mass is 226 g/mol. The number of fused-ring (bicyclic) bond motifs is 3. The average molecular weight is 226 g/mol. The molecule has 1 aliphatic rings. The molecule has 86 valence electrons. The van der Waals surface area contributed by atoms with Crippen molar-refractivity contribution in [1.29, 1.82) is 0 Å². The van der Waals surface area contributed by atoms with Gasteiger partial charge in [-0.05, 0) is 49.4 Å². The number of aromatic amines is 1. The Bertz CT molecular complexity index is 656. The van der Waals surface area contributed by atoms with Crippen LogP contribution in [-0.4, -0.2) is 10.2 Å². The van der Waals surface area contributed by atoms with Gasteiger partial charge in [-0.3, -0.25) is 4.79 Å². The molecule has 3 rings (SSSR count). The van der Waals surface area contributed by atoms with Crippen molar-refractivity contribution in [3.8, 4) is 11.3 Å². The minimum Gasteiger partial charge on any atom is -0.268 e. The second-order valence-electron chi connectivity index (χ2n) is 4.71. The Morgan fingerprint density at radius 2 is 2.00 bits per heavy atom. The van der Waals surface area contributed by atoms with E-state index in [1.54, 1.807) is 6.07 Å². The van der Waals surface area contributed by atoms with E-state index < -0.39 is 0 Å². The first-order chi connectivity index (χ1) is 8.15. The van der Waals surface area contributed by atoms with Gasteiger partial charge >= 0.3 is 0 Å². The average Bonchev–Trinajstić information content (AvgIpc) is 2.27. The van der Waals surface area contributed by atoms with Crippen molar-refractivity contribution in [3.63, 3.8) is 0 Å². The fourth-order valence-corrected chi connectivity index (χ4v) is 2.67. The van der Waals surface area contributed by atoms with Crippen LogP contribution in [0.25, 0.3) is 11.3 Å². The smallest absolute Gasteiger partial charge is 0.264 e. The van der Waals surface area contributed by atoms with E-state index in [2.05, 4.69) is 36.2 Å². The van der Waals surface area contributed by atoms with E-state index in [1.807, 2.05) is 0 Å². The van der Waals surface area contributed by atoms with Crippen LogP contribution < -0.4 is 5.56 Å². The van der Waals surface area contributed by atoms with Crippen LogP contribution >= 0.6 is 0 Å². The highest BCUT2D eigenvalue weighted by Gasteiger charge is 2.19. The van der Waals surface area contributed by atoms with Gasteiger partial charge in [0, 0.05) is 11.6 Å². The standard InChI is InChI=1S/C14H14N2O/c1-8-5-9(2)11-4-3-10-7-13(17)15-16-14(10)12(11)6-8/h5-7H,3-4H2,1-2H3,(H,15,17). The van der Waals surface area contributed by atoms with Crippen molar-refractivity contribution in [2.24, 2.45) is 0 Å². The summed E-state index contributed by atoms with van der Waals surface area (Å²) in [4.78, 5) is 11.3. The predicted octanol–water partition coefficient (Wildman–Crippen LogP) is 2.15. The summed E-state index contributed by atoms with van der Waals surface area (Å²) in [7, 11) is 0. The van der Waals surface area contributed by atoms with Crippen molar-refractivity contribution >= 4 is 0 Å². The molecule has 17 heavy (non-hydrogen) atoms. The van der Waals surface area contributed by atoms with Gasteiger partial charge in [0.15, 0.2) is 0 Å². The van der Waals surface area contributed by atoms with Crippen LogP contribution in [0, 0.1) is 13.8 Å². The molecule has 1 N–H and O–H groups in total. The number of H-pyrrole nitrogens is 1. The highest BCUT2D eigenvalue weighted by Crippen LogP contribution is 2.33. The minimum atomic E-state index is -0.114. The first-order valence-corrected chi connectivity index (χ1v) is 5.84. The summed E-state index contributed by atoms with van der Waals surface area (Å²) >= 11 is 0. The number of aryl methyl sites for hydroxylation is 3. The summed E-state index contributed by atoms with van der Waals surface area (Å²) in [5.74, 6) is 0. The molecule has 1 aliphatic carbocycles. The molecule has 0 fully saturated rings. The highest BCUT2D eigenvalue weighted by atomic mass is 16.1. The second-order valence-corrected chi connectivity index (χ2v) is 4.71. The zero-order valence-electron chi connectivity index (χ0n) is 10.0. The van der Waals surface area contributed by atoms with Gasteiger partial charge in [0.05, 0.1) is 5.69 Å². The molecule has 0 saturated heterocycles. The van der Waals surface area contributed by atoms with Gasteiger partial charge < -0.3 is 0 Å². The summed E-state index contributed by atoms with van der Waals surface area (Å²) in [6, 6.07) is 6.03. The quantitative estimate of drug-likeness (QED) is 0.748. The van der Waals surface area contributed by atoms with Gasteiger partial charge in [-0.15, -0.1) is 0 Å². The van der Waals surface area contributed by atoms with Gasteiger partial charge in [0.1, 0.15) is 0 Å². The van der Waals surface area contributed by atoms with Crippen molar-refractivity contribution < 1.29 is 0 Å². The van der Waals surface area contributed by atoms with Crippen LogP contribution in [0.4, 0.5) is 0 Å². The lowest BCUT2D eigenvalue weighted by Gasteiger charge is -2.20. The number of nitrogens with one attached hydrogen (secondary N) is 1. The van der Waals surface area contributed by atoms with Crippen molar-refractivity contribution in [2.75, 3.05) is 0 Å². The SMILES string of the molecule is Cc1cc(C)c2c(c1)-c1n[nH]c(=O)cc1CC2. The third kappa shape index (κ3) is 1.58. The van der Waals surface area contributed by atoms with Gasteiger partial charge in [-0.1, -0.05) is 11.6 Å². The van der Waals surface area contributed by atoms with Gasteiger partial charge in [-0.2, -0.15) is 5.10 Å². The Labute approximate surface area is 99.5 Å². The lowest BCUT2D eigenvalue weighted by Crippen LogP contribution is -2.15. The normalized spacial score (nSPS) is 13.1. The van der Waals surface area contributed by atoms with E-state index >= 15 is 0 Å². The Hall–Kier alpha value is -1.90. The molecular weight excluding hydrogens is 212 g/mol. The third-order valence-corrected chi connectivity index (χ3v) is 3.40. The van der Waals surface area contributed by atoms with Gasteiger partial charge in [0.25, 0.3) is 5.56 Å². The summed E-state index contributed by atoms with van der Waals surface area (Å²) in [6.07, 6.45) is 1.91. The molecule has 0 spiro atoms. The van der Waals surface area contributed by atoms with Crippen molar-refractivity contribution in [1.82, 2.24) is 10.2 Å². The van der Waals surface area contributed by atoms with Crippen LogP contribution in [0.15, 0.2) is 23.0 Å². The molecule has 0 aliphatic heterocycles. The second kappa shape index (κ2) is 3.55. The van der Waals surface area contributed by atoms with E-state index in [-0.39, 0.29) is 5.56 Å². The number of benzene rings is 1. The summed E-state index contributed by atoms with van der Waals surface area (Å²) < 4.78 is 0. The van der Waals surface area contributed by atoms with E-state index in [1.165, 1.54) is 22.3 Å². The minimum absolute atomic E-state index is 0.114. The van der Waals surface area contributed by atoms with Crippen molar-refractivity contribution in [3.05, 3.63) is 50.8 Å². The van der Waals surface area contributed by atoms with Gasteiger partial charge in [0.2, 0.25) is 0 Å². The largest absolute Gasteiger partial charge is 0.268 e. The number of hydrogen-bond acceptors (Lipinski definition) is 2. The Morgan fingerprint density at radius 3 is 2.82 bits per heavy atom. The zero-order valence-corrected chi connectivity index (χ0v) is 10.0. The van der Waals surface area contributed by atoms with Crippen LogP contribution in [0.5, 0.6) is 0 Å². The molecule has 1 aromatic carbocycles. The Kier molecular flexibility index (Phi) is 2.15. The summed E-state index contributed by atoms with van der Waals surface area (Å²) in [5.41, 5.74) is 6.99. The maximum atomic E-state index is 11.3. The molecule has 2 aromatic rings. The third-order valence-electron chi connectivity index (χ3n) is 3.40. The van der Waals surface area contributed by atoms with Crippen LogP contribution in [0.3, 0.4) is 0 Å². The molecule has 0 amide bonds. The van der Waals surface area contributed by atoms with Crippen LogP contribution in [0.2, 0.25) is 0 Å². The molecule has 3 heteroatoms. The molecule has 0 atom stereocenters. The highest BCUT2D eigenvalue weighted by molar-refractivity contribution is 5.71. The molecular formula is C14H14N2O. The Balaban J connectivity index is 2.32. The molecule has 0 radical (unpaired) electrons. The maximum absolute atomic E-state index is 11.3. The molecule has 0 bridgehead atoms. The predicted molar refractivity (Wildman–Crippen MR) is 67.2 cm³/mol. The first-order valence-electron chi connectivity index (χ1n) is 5.84. The van der Waals surface area contributed by atoms with E-state index in [9.17, 15) is 4.79 Å². The van der Waals surface area contributed by atoms with Crippen LogP contribution in [0.1, 0.15) is 22.3 Å². The topological polar surface area (TPSA) is 45.8 Å². The number of hydrogen-bond donors (Lipinski definition) is 1. The number of rotatable bonds is 0. The Morgan fingerprint density at radius 1 is 1.18 bits per heavy atom. The molecule has 3 nitrogen and oxygen atoms in total.